The van der Waals surface area contributed by atoms with E-state index in [-0.39, 0.29) is 0 Å². The number of nitrogens with zero attached hydrogens (tertiary/aromatic N) is 2. The van der Waals surface area contributed by atoms with Crippen molar-refractivity contribution >= 4 is 22.3 Å². The first kappa shape index (κ1) is 10.2. The highest BCUT2D eigenvalue weighted by Gasteiger charge is 2.36. The van der Waals surface area contributed by atoms with Crippen LogP contribution in [0.4, 0.5) is 11.4 Å². The number of hydrogen-bond acceptors (Lipinski definition) is 3. The summed E-state index contributed by atoms with van der Waals surface area (Å²) in [5.41, 5.74) is 3.65. The number of para-hydroxylation sites is 1. The molecule has 1 fully saturated rings. The maximum absolute atomic E-state index is 4.54. The van der Waals surface area contributed by atoms with E-state index in [9.17, 15) is 0 Å². The van der Waals surface area contributed by atoms with Crippen LogP contribution in [0.3, 0.4) is 0 Å². The number of anilines is 2. The van der Waals surface area contributed by atoms with Crippen molar-refractivity contribution in [2.24, 2.45) is 5.92 Å². The SMILES string of the molecule is CC1CCN2c3c(cnc4ccccc34)NCC12. The first-order valence-electron chi connectivity index (χ1n) is 6.73. The predicted octanol–water partition coefficient (Wildman–Crippen LogP) is 2.88. The van der Waals surface area contributed by atoms with Crippen LogP contribution in [-0.4, -0.2) is 24.1 Å². The fourth-order valence-corrected chi connectivity index (χ4v) is 3.38. The lowest BCUT2D eigenvalue weighted by molar-refractivity contribution is 0.524. The number of nitrogens with one attached hydrogen (secondary N) is 1. The number of benzene rings is 1. The van der Waals surface area contributed by atoms with Gasteiger partial charge in [-0.15, -0.1) is 0 Å². The number of pyridine rings is 1. The second kappa shape index (κ2) is 3.61. The van der Waals surface area contributed by atoms with Crippen molar-refractivity contribution in [3.8, 4) is 0 Å². The Labute approximate surface area is 107 Å². The maximum atomic E-state index is 4.54. The van der Waals surface area contributed by atoms with Gasteiger partial charge in [0.1, 0.15) is 0 Å². The Kier molecular flexibility index (Phi) is 2.04. The molecular formula is C15H17N3. The summed E-state index contributed by atoms with van der Waals surface area (Å²) in [5.74, 6) is 0.776. The average Bonchev–Trinajstić information content (AvgIpc) is 2.80. The Balaban J connectivity index is 1.97. The molecule has 0 bridgehead atoms. The Bertz CT molecular complexity index is 608. The van der Waals surface area contributed by atoms with E-state index in [1.165, 1.54) is 29.7 Å². The minimum Gasteiger partial charge on any atom is -0.380 e. The molecule has 2 aliphatic heterocycles. The molecule has 0 spiro atoms. The lowest BCUT2D eigenvalue weighted by Crippen LogP contribution is -2.42. The summed E-state index contributed by atoms with van der Waals surface area (Å²) >= 11 is 0. The van der Waals surface area contributed by atoms with Crippen LogP contribution >= 0.6 is 0 Å². The van der Waals surface area contributed by atoms with Crippen LogP contribution < -0.4 is 10.2 Å². The van der Waals surface area contributed by atoms with E-state index in [1.54, 1.807) is 0 Å². The van der Waals surface area contributed by atoms with Crippen LogP contribution in [0.15, 0.2) is 30.5 Å². The standard InChI is InChI=1S/C15H17N3/c1-10-6-7-18-14(10)9-17-13-8-16-12-5-3-2-4-11(12)15(13)18/h2-5,8,10,14,17H,6-7,9H2,1H3. The largest absolute Gasteiger partial charge is 0.380 e. The van der Waals surface area contributed by atoms with Gasteiger partial charge in [-0.1, -0.05) is 25.1 Å². The van der Waals surface area contributed by atoms with Crippen molar-refractivity contribution < 1.29 is 0 Å². The molecule has 0 aliphatic carbocycles. The van der Waals surface area contributed by atoms with Crippen LogP contribution in [0.5, 0.6) is 0 Å². The summed E-state index contributed by atoms with van der Waals surface area (Å²) < 4.78 is 0. The molecule has 1 aromatic carbocycles. The molecule has 2 unspecified atom stereocenters. The Morgan fingerprint density at radius 2 is 2.22 bits per heavy atom. The lowest BCUT2D eigenvalue weighted by atomic mass is 10.0. The third-order valence-corrected chi connectivity index (χ3v) is 4.42. The van der Waals surface area contributed by atoms with Crippen LogP contribution in [0, 0.1) is 5.92 Å². The second-order valence-corrected chi connectivity index (χ2v) is 5.45. The van der Waals surface area contributed by atoms with E-state index in [4.69, 9.17) is 0 Å². The molecule has 1 saturated heterocycles. The zero-order valence-electron chi connectivity index (χ0n) is 10.6. The van der Waals surface area contributed by atoms with Gasteiger partial charge in [-0.05, 0) is 18.4 Å². The Hall–Kier alpha value is -1.77. The highest BCUT2D eigenvalue weighted by molar-refractivity contribution is 5.99. The fraction of sp³-hybridized carbons (Fsp3) is 0.400. The summed E-state index contributed by atoms with van der Waals surface area (Å²) in [6.45, 7) is 4.59. The van der Waals surface area contributed by atoms with Crippen molar-refractivity contribution in [2.75, 3.05) is 23.3 Å². The molecule has 1 N–H and O–H groups in total. The molecular weight excluding hydrogens is 222 g/mol. The molecule has 2 aliphatic rings. The third-order valence-electron chi connectivity index (χ3n) is 4.42. The maximum Gasteiger partial charge on any atom is 0.0772 e. The zero-order chi connectivity index (χ0) is 12.1. The van der Waals surface area contributed by atoms with Crippen molar-refractivity contribution in [3.63, 3.8) is 0 Å². The van der Waals surface area contributed by atoms with E-state index < -0.39 is 0 Å². The normalized spacial score (nSPS) is 25.7. The van der Waals surface area contributed by atoms with E-state index >= 15 is 0 Å². The van der Waals surface area contributed by atoms with Gasteiger partial charge in [-0.3, -0.25) is 4.98 Å². The first-order valence-corrected chi connectivity index (χ1v) is 6.73. The second-order valence-electron chi connectivity index (χ2n) is 5.45. The third kappa shape index (κ3) is 1.27. The minimum atomic E-state index is 0.642. The summed E-state index contributed by atoms with van der Waals surface area (Å²) in [4.78, 5) is 7.12. The Morgan fingerprint density at radius 3 is 3.17 bits per heavy atom. The van der Waals surface area contributed by atoms with Crippen molar-refractivity contribution in [3.05, 3.63) is 30.5 Å². The van der Waals surface area contributed by atoms with Gasteiger partial charge >= 0.3 is 0 Å². The van der Waals surface area contributed by atoms with Crippen LogP contribution in [-0.2, 0) is 0 Å². The highest BCUT2D eigenvalue weighted by Crippen LogP contribution is 2.41. The molecule has 0 radical (unpaired) electrons. The summed E-state index contributed by atoms with van der Waals surface area (Å²) in [5, 5.41) is 4.83. The monoisotopic (exact) mass is 239 g/mol. The topological polar surface area (TPSA) is 28.2 Å². The average molecular weight is 239 g/mol. The number of fused-ring (bicyclic) bond motifs is 5. The van der Waals surface area contributed by atoms with Gasteiger partial charge in [0, 0.05) is 24.5 Å². The van der Waals surface area contributed by atoms with Crippen LogP contribution in [0.25, 0.3) is 10.9 Å². The molecule has 1 aromatic heterocycles. The van der Waals surface area contributed by atoms with Gasteiger partial charge < -0.3 is 10.2 Å². The molecule has 3 heteroatoms. The van der Waals surface area contributed by atoms with E-state index in [1.807, 2.05) is 6.20 Å². The van der Waals surface area contributed by atoms with E-state index in [2.05, 4.69) is 46.4 Å². The smallest absolute Gasteiger partial charge is 0.0772 e. The summed E-state index contributed by atoms with van der Waals surface area (Å²) in [6.07, 6.45) is 3.28. The van der Waals surface area contributed by atoms with Crippen molar-refractivity contribution in [2.45, 2.75) is 19.4 Å². The molecule has 2 atom stereocenters. The highest BCUT2D eigenvalue weighted by atomic mass is 15.2. The van der Waals surface area contributed by atoms with Gasteiger partial charge in [0.2, 0.25) is 0 Å². The van der Waals surface area contributed by atoms with Crippen molar-refractivity contribution in [1.82, 2.24) is 4.98 Å². The quantitative estimate of drug-likeness (QED) is 0.766. The number of rotatable bonds is 0. The number of aromatic nitrogens is 1. The van der Waals surface area contributed by atoms with Gasteiger partial charge in [0.15, 0.2) is 0 Å². The van der Waals surface area contributed by atoms with Gasteiger partial charge in [0.05, 0.1) is 23.1 Å². The summed E-state index contributed by atoms with van der Waals surface area (Å²) in [7, 11) is 0. The predicted molar refractivity (Wildman–Crippen MR) is 75.1 cm³/mol. The van der Waals surface area contributed by atoms with Gasteiger partial charge in [-0.2, -0.15) is 0 Å². The molecule has 2 aromatic rings. The molecule has 92 valence electrons. The summed E-state index contributed by atoms with van der Waals surface area (Å²) in [6, 6.07) is 9.09. The molecule has 0 saturated carbocycles. The molecule has 0 amide bonds. The van der Waals surface area contributed by atoms with Crippen LogP contribution in [0.2, 0.25) is 0 Å². The number of hydrogen-bond donors (Lipinski definition) is 1. The minimum absolute atomic E-state index is 0.642. The fourth-order valence-electron chi connectivity index (χ4n) is 3.38. The molecule has 4 rings (SSSR count). The van der Waals surface area contributed by atoms with Gasteiger partial charge in [-0.25, -0.2) is 0 Å². The first-order chi connectivity index (χ1) is 8.84. The van der Waals surface area contributed by atoms with Crippen LogP contribution in [0.1, 0.15) is 13.3 Å². The Morgan fingerprint density at radius 1 is 1.33 bits per heavy atom. The molecule has 3 nitrogen and oxygen atoms in total. The van der Waals surface area contributed by atoms with E-state index in [0.717, 1.165) is 18.0 Å². The lowest BCUT2D eigenvalue weighted by Gasteiger charge is -2.36. The van der Waals surface area contributed by atoms with Gasteiger partial charge in [0.25, 0.3) is 0 Å². The van der Waals surface area contributed by atoms with E-state index in [0.29, 0.717) is 6.04 Å². The van der Waals surface area contributed by atoms with Crippen molar-refractivity contribution in [1.29, 1.82) is 0 Å². The molecule has 3 heterocycles. The molecule has 18 heavy (non-hydrogen) atoms. The zero-order valence-corrected chi connectivity index (χ0v) is 10.6.